The van der Waals surface area contributed by atoms with Crippen molar-refractivity contribution in [1.82, 2.24) is 4.90 Å². The number of anilines is 2. The molecule has 0 aromatic heterocycles. The highest BCUT2D eigenvalue weighted by atomic mass is 16.2. The molecule has 1 fully saturated rings. The monoisotopic (exact) mass is 329 g/mol. The Morgan fingerprint density at radius 2 is 1.92 bits per heavy atom. The van der Waals surface area contributed by atoms with Crippen LogP contribution in [0.3, 0.4) is 0 Å². The van der Waals surface area contributed by atoms with E-state index in [0.717, 1.165) is 56.2 Å². The fraction of sp³-hybridized carbons (Fsp3) is 0.579. The number of nitrogens with one attached hydrogen (secondary N) is 1. The van der Waals surface area contributed by atoms with Gasteiger partial charge in [0.1, 0.15) is 6.04 Å². The van der Waals surface area contributed by atoms with Crippen molar-refractivity contribution < 1.29 is 9.59 Å². The van der Waals surface area contributed by atoms with Gasteiger partial charge in [-0.15, -0.1) is 0 Å². The van der Waals surface area contributed by atoms with Gasteiger partial charge in [-0.1, -0.05) is 6.92 Å². The summed E-state index contributed by atoms with van der Waals surface area (Å²) in [5.74, 6) is 0.975. The smallest absolute Gasteiger partial charge is 0.244 e. The van der Waals surface area contributed by atoms with E-state index in [2.05, 4.69) is 18.3 Å². The Hall–Kier alpha value is -2.04. The van der Waals surface area contributed by atoms with Gasteiger partial charge in [-0.3, -0.25) is 9.59 Å². The molecule has 1 N–H and O–H groups in total. The van der Waals surface area contributed by atoms with Gasteiger partial charge in [0.25, 0.3) is 0 Å². The van der Waals surface area contributed by atoms with E-state index in [9.17, 15) is 9.59 Å². The molecule has 0 spiro atoms. The molecular weight excluding hydrogens is 302 g/mol. The number of hydrogen-bond donors (Lipinski definition) is 1. The van der Waals surface area contributed by atoms with Crippen molar-refractivity contribution in [2.75, 3.05) is 29.9 Å². The molecule has 0 radical (unpaired) electrons. The Labute approximate surface area is 144 Å². The fourth-order valence-corrected chi connectivity index (χ4v) is 3.63. The van der Waals surface area contributed by atoms with Crippen LogP contribution in [0, 0.1) is 5.92 Å². The molecule has 24 heavy (non-hydrogen) atoms. The van der Waals surface area contributed by atoms with Crippen molar-refractivity contribution >= 4 is 23.2 Å². The maximum Gasteiger partial charge on any atom is 0.244 e. The van der Waals surface area contributed by atoms with E-state index in [0.29, 0.717) is 0 Å². The molecule has 3 rings (SSSR count). The summed E-state index contributed by atoms with van der Waals surface area (Å²) in [4.78, 5) is 28.0. The molecule has 1 aromatic carbocycles. The number of fused-ring (bicyclic) bond motifs is 1. The van der Waals surface area contributed by atoms with E-state index in [1.165, 1.54) is 5.56 Å². The van der Waals surface area contributed by atoms with E-state index in [-0.39, 0.29) is 17.9 Å². The van der Waals surface area contributed by atoms with Gasteiger partial charge in [-0.2, -0.15) is 0 Å². The molecule has 0 saturated carbocycles. The first-order valence-corrected chi connectivity index (χ1v) is 8.92. The molecule has 2 amide bonds. The van der Waals surface area contributed by atoms with E-state index in [1.54, 1.807) is 6.92 Å². The highest BCUT2D eigenvalue weighted by molar-refractivity contribution is 5.94. The Morgan fingerprint density at radius 1 is 1.21 bits per heavy atom. The number of rotatable bonds is 3. The van der Waals surface area contributed by atoms with Crippen molar-refractivity contribution in [3.05, 3.63) is 23.8 Å². The maximum absolute atomic E-state index is 12.6. The summed E-state index contributed by atoms with van der Waals surface area (Å²) in [5.41, 5.74) is 3.11. The number of amides is 2. The van der Waals surface area contributed by atoms with Crippen LogP contribution in [0.2, 0.25) is 0 Å². The van der Waals surface area contributed by atoms with Crippen LogP contribution < -0.4 is 10.2 Å². The van der Waals surface area contributed by atoms with Gasteiger partial charge in [0, 0.05) is 37.9 Å². The largest absolute Gasteiger partial charge is 0.374 e. The molecule has 1 aromatic rings. The summed E-state index contributed by atoms with van der Waals surface area (Å²) >= 11 is 0. The van der Waals surface area contributed by atoms with Crippen LogP contribution >= 0.6 is 0 Å². The zero-order chi connectivity index (χ0) is 17.3. The average molecular weight is 329 g/mol. The first-order valence-electron chi connectivity index (χ1n) is 8.92. The maximum atomic E-state index is 12.6. The third-order valence-electron chi connectivity index (χ3n) is 5.20. The minimum atomic E-state index is -0.234. The van der Waals surface area contributed by atoms with E-state index in [1.807, 2.05) is 28.9 Å². The van der Waals surface area contributed by atoms with Crippen molar-refractivity contribution in [2.24, 2.45) is 5.92 Å². The van der Waals surface area contributed by atoms with E-state index >= 15 is 0 Å². The first-order chi connectivity index (χ1) is 11.5. The summed E-state index contributed by atoms with van der Waals surface area (Å²) in [5, 5.41) is 3.33. The number of piperidine rings is 1. The van der Waals surface area contributed by atoms with Gasteiger partial charge in [0.05, 0.1) is 0 Å². The lowest BCUT2D eigenvalue weighted by atomic mass is 9.99. The predicted octanol–water partition coefficient (Wildman–Crippen LogP) is 2.65. The standard InChI is InChI=1S/C19H27N3O2/c1-13-6-9-21(10-7-13)19(24)14(2)20-17-4-5-18-16(12-17)8-11-22(18)15(3)23/h4-5,12-14,20H,6-11H2,1-3H3/t14-/m0/s1. The van der Waals surface area contributed by atoms with Gasteiger partial charge in [-0.05, 0) is 55.9 Å². The molecule has 5 heteroatoms. The molecule has 1 atom stereocenters. The Balaban J connectivity index is 1.64. The zero-order valence-electron chi connectivity index (χ0n) is 14.8. The Kier molecular flexibility index (Phi) is 4.78. The second-order valence-corrected chi connectivity index (χ2v) is 7.14. The Morgan fingerprint density at radius 3 is 2.58 bits per heavy atom. The van der Waals surface area contributed by atoms with Crippen molar-refractivity contribution in [2.45, 2.75) is 46.1 Å². The SMILES string of the molecule is CC(=O)N1CCc2cc(N[C@@H](C)C(=O)N3CCC(C)CC3)ccc21. The summed E-state index contributed by atoms with van der Waals surface area (Å²) in [6, 6.07) is 5.77. The first kappa shape index (κ1) is 16.8. The molecule has 2 aliphatic heterocycles. The normalized spacial score (nSPS) is 19.1. The molecule has 0 aliphatic carbocycles. The summed E-state index contributed by atoms with van der Waals surface area (Å²) in [6.45, 7) is 8.25. The zero-order valence-corrected chi connectivity index (χ0v) is 14.8. The van der Waals surface area contributed by atoms with Crippen LogP contribution in [0.4, 0.5) is 11.4 Å². The molecule has 130 valence electrons. The highest BCUT2D eigenvalue weighted by Crippen LogP contribution is 2.30. The van der Waals surface area contributed by atoms with Gasteiger partial charge in [-0.25, -0.2) is 0 Å². The van der Waals surface area contributed by atoms with Gasteiger partial charge >= 0.3 is 0 Å². The van der Waals surface area contributed by atoms with Crippen LogP contribution in [0.25, 0.3) is 0 Å². The molecule has 0 unspecified atom stereocenters. The number of carbonyl (C=O) groups is 2. The van der Waals surface area contributed by atoms with Crippen LogP contribution in [0.5, 0.6) is 0 Å². The van der Waals surface area contributed by atoms with Gasteiger partial charge < -0.3 is 15.1 Å². The fourth-order valence-electron chi connectivity index (χ4n) is 3.63. The third-order valence-corrected chi connectivity index (χ3v) is 5.20. The van der Waals surface area contributed by atoms with Crippen LogP contribution in [0.15, 0.2) is 18.2 Å². The Bertz CT molecular complexity index is 635. The summed E-state index contributed by atoms with van der Waals surface area (Å²) < 4.78 is 0. The van der Waals surface area contributed by atoms with Gasteiger partial charge in [0.15, 0.2) is 0 Å². The van der Waals surface area contributed by atoms with Crippen molar-refractivity contribution in [1.29, 1.82) is 0 Å². The third kappa shape index (κ3) is 3.40. The van der Waals surface area contributed by atoms with Crippen LogP contribution in [-0.2, 0) is 16.0 Å². The molecule has 5 nitrogen and oxygen atoms in total. The molecule has 2 heterocycles. The minimum Gasteiger partial charge on any atom is -0.374 e. The second kappa shape index (κ2) is 6.83. The lowest BCUT2D eigenvalue weighted by molar-refractivity contribution is -0.133. The highest BCUT2D eigenvalue weighted by Gasteiger charge is 2.25. The molecular formula is C19H27N3O2. The number of carbonyl (C=O) groups excluding carboxylic acids is 2. The topological polar surface area (TPSA) is 52.7 Å². The summed E-state index contributed by atoms with van der Waals surface area (Å²) in [7, 11) is 0. The minimum absolute atomic E-state index is 0.0809. The van der Waals surface area contributed by atoms with E-state index in [4.69, 9.17) is 0 Å². The van der Waals surface area contributed by atoms with E-state index < -0.39 is 0 Å². The van der Waals surface area contributed by atoms with Crippen LogP contribution in [-0.4, -0.2) is 42.4 Å². The predicted molar refractivity (Wildman–Crippen MR) is 96.2 cm³/mol. The lowest BCUT2D eigenvalue weighted by Crippen LogP contribution is -2.45. The molecule has 0 bridgehead atoms. The number of benzene rings is 1. The van der Waals surface area contributed by atoms with Crippen molar-refractivity contribution in [3.8, 4) is 0 Å². The second-order valence-electron chi connectivity index (χ2n) is 7.14. The van der Waals surface area contributed by atoms with Gasteiger partial charge in [0.2, 0.25) is 11.8 Å². The number of nitrogens with zero attached hydrogens (tertiary/aromatic N) is 2. The average Bonchev–Trinajstić information content (AvgIpc) is 2.98. The van der Waals surface area contributed by atoms with Crippen LogP contribution in [0.1, 0.15) is 39.2 Å². The quantitative estimate of drug-likeness (QED) is 0.927. The molecule has 2 aliphatic rings. The molecule has 1 saturated heterocycles. The number of likely N-dealkylation sites (tertiary alicyclic amines) is 1. The summed E-state index contributed by atoms with van der Waals surface area (Å²) in [6.07, 6.45) is 3.06. The van der Waals surface area contributed by atoms with Crippen molar-refractivity contribution in [3.63, 3.8) is 0 Å². The lowest BCUT2D eigenvalue weighted by Gasteiger charge is -2.32. The number of hydrogen-bond acceptors (Lipinski definition) is 3.